The minimum Gasteiger partial charge on any atom is -0.445 e. The molecular formula is C28H32N4O4. The molecule has 0 bridgehead atoms. The van der Waals surface area contributed by atoms with Crippen LogP contribution in [0.1, 0.15) is 44.2 Å². The van der Waals surface area contributed by atoms with Crippen LogP contribution in [0.15, 0.2) is 54.6 Å². The molecule has 0 saturated carbocycles. The van der Waals surface area contributed by atoms with Gasteiger partial charge in [-0.3, -0.25) is 14.5 Å². The van der Waals surface area contributed by atoms with E-state index in [4.69, 9.17) is 4.74 Å². The molecule has 2 heterocycles. The normalized spacial score (nSPS) is 21.1. The first-order valence-corrected chi connectivity index (χ1v) is 12.3. The summed E-state index contributed by atoms with van der Waals surface area (Å²) in [7, 11) is 1.56. The number of benzene rings is 2. The van der Waals surface area contributed by atoms with Gasteiger partial charge in [0.05, 0.1) is 11.5 Å². The smallest absolute Gasteiger partial charge is 0.410 e. The Hall–Kier alpha value is -3.86. The topological polar surface area (TPSA) is 103 Å². The largest absolute Gasteiger partial charge is 0.445 e. The van der Waals surface area contributed by atoms with Crippen molar-refractivity contribution < 1.29 is 19.1 Å². The summed E-state index contributed by atoms with van der Waals surface area (Å²) in [5.74, 6) is -0.220. The fourth-order valence-electron chi connectivity index (χ4n) is 5.10. The van der Waals surface area contributed by atoms with Gasteiger partial charge in [0.15, 0.2) is 0 Å². The third-order valence-electron chi connectivity index (χ3n) is 7.18. The van der Waals surface area contributed by atoms with Crippen molar-refractivity contribution in [3.05, 3.63) is 65.7 Å². The van der Waals surface area contributed by atoms with Crippen LogP contribution in [0.3, 0.4) is 0 Å². The molecule has 2 aliphatic heterocycles. The highest BCUT2D eigenvalue weighted by Gasteiger charge is 2.56. The van der Waals surface area contributed by atoms with Crippen LogP contribution in [-0.4, -0.2) is 53.4 Å². The monoisotopic (exact) mass is 488 g/mol. The molecule has 3 amide bonds. The average Bonchev–Trinajstić information content (AvgIpc) is 3.41. The first-order chi connectivity index (χ1) is 17.3. The minimum absolute atomic E-state index is 0.0952. The zero-order valence-electron chi connectivity index (χ0n) is 20.9. The lowest BCUT2D eigenvalue weighted by Crippen LogP contribution is -2.51. The van der Waals surface area contributed by atoms with Crippen molar-refractivity contribution in [2.75, 3.05) is 18.9 Å². The van der Waals surface area contributed by atoms with Gasteiger partial charge in [-0.2, -0.15) is 5.26 Å². The lowest BCUT2D eigenvalue weighted by molar-refractivity contribution is -0.136. The second-order valence-electron chi connectivity index (χ2n) is 10.0. The van der Waals surface area contributed by atoms with Gasteiger partial charge < -0.3 is 15.0 Å². The summed E-state index contributed by atoms with van der Waals surface area (Å²) in [6.07, 6.45) is 0.758. The summed E-state index contributed by atoms with van der Waals surface area (Å²) in [6, 6.07) is 17.4. The van der Waals surface area contributed by atoms with E-state index < -0.39 is 23.6 Å². The fourth-order valence-corrected chi connectivity index (χ4v) is 5.10. The van der Waals surface area contributed by atoms with E-state index in [2.05, 4.69) is 25.2 Å². The highest BCUT2D eigenvalue weighted by atomic mass is 16.6. The number of hydrogen-bond donors (Lipinski definition) is 1. The number of nitrogens with one attached hydrogen (secondary N) is 1. The fraction of sp³-hybridized carbons (Fsp3) is 0.429. The van der Waals surface area contributed by atoms with Crippen molar-refractivity contribution in [3.8, 4) is 6.07 Å². The lowest BCUT2D eigenvalue weighted by atomic mass is 9.80. The molecule has 1 N–H and O–H groups in total. The minimum atomic E-state index is -0.971. The van der Waals surface area contributed by atoms with Crippen LogP contribution >= 0.6 is 0 Å². The van der Waals surface area contributed by atoms with Gasteiger partial charge in [0.1, 0.15) is 18.7 Å². The van der Waals surface area contributed by atoms with E-state index in [1.54, 1.807) is 7.05 Å². The molecule has 188 valence electrons. The Balaban J connectivity index is 1.56. The van der Waals surface area contributed by atoms with Crippen molar-refractivity contribution >= 4 is 23.6 Å². The lowest BCUT2D eigenvalue weighted by Gasteiger charge is -2.32. The summed E-state index contributed by atoms with van der Waals surface area (Å²) in [5, 5.41) is 12.8. The Labute approximate surface area is 211 Å². The summed E-state index contributed by atoms with van der Waals surface area (Å²) >= 11 is 0. The molecular weight excluding hydrogens is 456 g/mol. The number of nitriles is 1. The van der Waals surface area contributed by atoms with Crippen LogP contribution < -0.4 is 5.32 Å². The molecule has 8 nitrogen and oxygen atoms in total. The van der Waals surface area contributed by atoms with Crippen molar-refractivity contribution in [2.24, 2.45) is 5.92 Å². The number of nitrogens with zero attached hydrogens (tertiary/aromatic N) is 3. The Bertz CT molecular complexity index is 1180. The molecule has 1 fully saturated rings. The van der Waals surface area contributed by atoms with E-state index in [9.17, 15) is 19.6 Å². The van der Waals surface area contributed by atoms with Crippen molar-refractivity contribution in [2.45, 2.75) is 57.2 Å². The number of ether oxygens (including phenoxy) is 1. The van der Waals surface area contributed by atoms with E-state index in [-0.39, 0.29) is 31.4 Å². The Morgan fingerprint density at radius 1 is 1.17 bits per heavy atom. The summed E-state index contributed by atoms with van der Waals surface area (Å²) in [5.41, 5.74) is 1.40. The highest BCUT2D eigenvalue weighted by Crippen LogP contribution is 2.46. The number of anilines is 1. The van der Waals surface area contributed by atoms with Crippen molar-refractivity contribution in [1.29, 1.82) is 5.26 Å². The van der Waals surface area contributed by atoms with Crippen LogP contribution in [0, 0.1) is 17.2 Å². The first-order valence-electron chi connectivity index (χ1n) is 12.3. The number of amides is 3. The molecule has 2 aromatic rings. The molecule has 0 radical (unpaired) electrons. The SMILES string of the molecule is CC(C)CC[C@@H](C(=O)N1C[C@]2(C[C@H]1C#N)C(=O)Nc1ccccc12)N(C)C(=O)OCc1ccccc1. The second kappa shape index (κ2) is 10.4. The number of carbonyl (C=O) groups is 3. The molecule has 36 heavy (non-hydrogen) atoms. The first kappa shape index (κ1) is 25.2. The number of rotatable bonds is 7. The summed E-state index contributed by atoms with van der Waals surface area (Å²) < 4.78 is 5.49. The van der Waals surface area contributed by atoms with Gasteiger partial charge in [-0.15, -0.1) is 0 Å². The van der Waals surface area contributed by atoms with Gasteiger partial charge in [-0.25, -0.2) is 4.79 Å². The van der Waals surface area contributed by atoms with Gasteiger partial charge in [0.2, 0.25) is 11.8 Å². The highest BCUT2D eigenvalue weighted by molar-refractivity contribution is 6.07. The second-order valence-corrected chi connectivity index (χ2v) is 10.0. The zero-order valence-corrected chi connectivity index (χ0v) is 20.9. The molecule has 4 rings (SSSR count). The molecule has 2 aromatic carbocycles. The van der Waals surface area contributed by atoms with Gasteiger partial charge in [-0.05, 0) is 36.0 Å². The predicted molar refractivity (Wildman–Crippen MR) is 135 cm³/mol. The Morgan fingerprint density at radius 3 is 2.56 bits per heavy atom. The van der Waals surface area contributed by atoms with Gasteiger partial charge in [0.25, 0.3) is 0 Å². The van der Waals surface area contributed by atoms with Crippen LogP contribution in [0.2, 0.25) is 0 Å². The molecule has 0 aromatic heterocycles. The zero-order chi connectivity index (χ0) is 25.9. The Kier molecular flexibility index (Phi) is 7.30. The maximum atomic E-state index is 13.9. The maximum Gasteiger partial charge on any atom is 0.410 e. The Morgan fingerprint density at radius 2 is 1.86 bits per heavy atom. The molecule has 3 atom stereocenters. The number of hydrogen-bond acceptors (Lipinski definition) is 5. The average molecular weight is 489 g/mol. The molecule has 0 unspecified atom stereocenters. The number of para-hydroxylation sites is 1. The number of fused-ring (bicyclic) bond motifs is 2. The van der Waals surface area contributed by atoms with Gasteiger partial charge in [0, 0.05) is 25.7 Å². The van der Waals surface area contributed by atoms with Crippen molar-refractivity contribution in [1.82, 2.24) is 9.80 Å². The van der Waals surface area contributed by atoms with E-state index in [0.29, 0.717) is 24.4 Å². The van der Waals surface area contributed by atoms with Crippen LogP contribution in [0.4, 0.5) is 10.5 Å². The number of carbonyl (C=O) groups excluding carboxylic acids is 3. The van der Waals surface area contributed by atoms with E-state index >= 15 is 0 Å². The molecule has 1 spiro atoms. The third-order valence-corrected chi connectivity index (χ3v) is 7.18. The van der Waals surface area contributed by atoms with Crippen LogP contribution in [0.5, 0.6) is 0 Å². The summed E-state index contributed by atoms with van der Waals surface area (Å²) in [6.45, 7) is 4.30. The predicted octanol–water partition coefficient (Wildman–Crippen LogP) is 4.07. The van der Waals surface area contributed by atoms with Crippen LogP contribution in [0.25, 0.3) is 0 Å². The van der Waals surface area contributed by atoms with E-state index in [0.717, 1.165) is 11.1 Å². The molecule has 0 aliphatic carbocycles. The molecule has 8 heteroatoms. The molecule has 2 aliphatic rings. The van der Waals surface area contributed by atoms with E-state index in [1.165, 1.54) is 9.80 Å². The van der Waals surface area contributed by atoms with Crippen LogP contribution in [-0.2, 0) is 26.3 Å². The standard InChI is InChI=1S/C28H32N4O4/c1-19(2)13-14-24(31(3)27(35)36-17-20-9-5-4-6-10-20)25(33)32-18-28(15-21(32)16-29)22-11-7-8-12-23(22)30-26(28)34/h4-12,19,21,24H,13-15,17-18H2,1-3H3,(H,30,34)/t21-,24-,28-/m0/s1. The van der Waals surface area contributed by atoms with Crippen molar-refractivity contribution in [3.63, 3.8) is 0 Å². The van der Waals surface area contributed by atoms with Gasteiger partial charge >= 0.3 is 6.09 Å². The maximum absolute atomic E-state index is 13.9. The molecule has 1 saturated heterocycles. The third kappa shape index (κ3) is 4.78. The quantitative estimate of drug-likeness (QED) is 0.633. The number of likely N-dealkylation sites (tertiary alicyclic amines) is 1. The summed E-state index contributed by atoms with van der Waals surface area (Å²) in [4.78, 5) is 42.7. The van der Waals surface area contributed by atoms with Gasteiger partial charge in [-0.1, -0.05) is 62.4 Å². The number of likely N-dealkylation sites (N-methyl/N-ethyl adjacent to an activating group) is 1. The van der Waals surface area contributed by atoms with E-state index in [1.807, 2.05) is 54.6 Å².